The highest BCUT2D eigenvalue weighted by molar-refractivity contribution is 7.99. The Hall–Kier alpha value is -0.580. The molecule has 0 aromatic carbocycles. The van der Waals surface area contributed by atoms with Crippen molar-refractivity contribution < 1.29 is 5.11 Å². The summed E-state index contributed by atoms with van der Waals surface area (Å²) in [6, 6.07) is 3.91. The molecule has 0 saturated carbocycles. The number of nitrogens with zero attached hydrogens (tertiary/aromatic N) is 1. The van der Waals surface area contributed by atoms with E-state index in [4.69, 9.17) is 10.8 Å². The Bertz CT molecular complexity index is 266. The molecule has 0 radical (unpaired) electrons. The number of nitrogens with two attached hydrogens (primary N) is 1. The fourth-order valence-corrected chi connectivity index (χ4v) is 1.59. The lowest BCUT2D eigenvalue weighted by molar-refractivity contribution is 0.322. The number of aromatic nitrogens is 1. The third kappa shape index (κ3) is 3.34. The number of thioether (sulfide) groups is 1. The van der Waals surface area contributed by atoms with E-state index in [1.807, 2.05) is 19.1 Å². The van der Waals surface area contributed by atoms with Gasteiger partial charge in [-0.25, -0.2) is 4.98 Å². The molecular formula is C9H14N2OS. The minimum absolute atomic E-state index is 0.0384. The summed E-state index contributed by atoms with van der Waals surface area (Å²) < 4.78 is 0. The van der Waals surface area contributed by atoms with E-state index in [1.165, 1.54) is 11.8 Å². The number of pyridine rings is 1. The van der Waals surface area contributed by atoms with Gasteiger partial charge in [-0.1, -0.05) is 0 Å². The summed E-state index contributed by atoms with van der Waals surface area (Å²) in [6.45, 7) is 2.12. The summed E-state index contributed by atoms with van der Waals surface area (Å²) in [5, 5.41) is 9.55. The van der Waals surface area contributed by atoms with E-state index in [0.29, 0.717) is 5.75 Å². The largest absolute Gasteiger partial charge is 0.396 e. The first-order valence-electron chi connectivity index (χ1n) is 4.19. The van der Waals surface area contributed by atoms with Crippen molar-refractivity contribution in [2.24, 2.45) is 5.73 Å². The summed E-state index contributed by atoms with van der Waals surface area (Å²) in [7, 11) is 0. The Labute approximate surface area is 82.4 Å². The Kier molecular flexibility index (Phi) is 4.21. The SMILES string of the molecule is CC(N)c1ccnc(SCCO)c1. The molecule has 1 rings (SSSR count). The smallest absolute Gasteiger partial charge is 0.0963 e. The standard InChI is InChI=1S/C9H14N2OS/c1-7(10)8-2-3-11-9(6-8)13-5-4-12/h2-3,6-7,12H,4-5,10H2,1H3. The van der Waals surface area contributed by atoms with Crippen LogP contribution in [-0.2, 0) is 0 Å². The van der Waals surface area contributed by atoms with Crippen LogP contribution < -0.4 is 5.73 Å². The van der Waals surface area contributed by atoms with Gasteiger partial charge in [-0.05, 0) is 24.6 Å². The zero-order valence-corrected chi connectivity index (χ0v) is 8.42. The Morgan fingerprint density at radius 3 is 3.08 bits per heavy atom. The topological polar surface area (TPSA) is 59.1 Å². The van der Waals surface area contributed by atoms with Crippen molar-refractivity contribution in [3.05, 3.63) is 23.9 Å². The van der Waals surface area contributed by atoms with Crippen molar-refractivity contribution in [1.29, 1.82) is 0 Å². The van der Waals surface area contributed by atoms with Gasteiger partial charge in [0.25, 0.3) is 0 Å². The van der Waals surface area contributed by atoms with Crippen LogP contribution in [0.5, 0.6) is 0 Å². The second-order valence-electron chi connectivity index (χ2n) is 2.79. The van der Waals surface area contributed by atoms with E-state index in [1.54, 1.807) is 6.20 Å². The molecule has 0 bridgehead atoms. The Morgan fingerprint density at radius 1 is 1.69 bits per heavy atom. The van der Waals surface area contributed by atoms with Crippen LogP contribution in [0.25, 0.3) is 0 Å². The normalized spacial score (nSPS) is 12.8. The minimum Gasteiger partial charge on any atom is -0.396 e. The van der Waals surface area contributed by atoms with E-state index in [2.05, 4.69) is 4.98 Å². The molecule has 4 heteroatoms. The van der Waals surface area contributed by atoms with Crippen molar-refractivity contribution in [3.63, 3.8) is 0 Å². The van der Waals surface area contributed by atoms with Crippen molar-refractivity contribution in [3.8, 4) is 0 Å². The third-order valence-corrected chi connectivity index (χ3v) is 2.53. The number of hydrogen-bond donors (Lipinski definition) is 2. The lowest BCUT2D eigenvalue weighted by Gasteiger charge is -2.06. The molecule has 0 saturated heterocycles. The van der Waals surface area contributed by atoms with Crippen LogP contribution in [-0.4, -0.2) is 22.5 Å². The lowest BCUT2D eigenvalue weighted by Crippen LogP contribution is -2.05. The molecule has 1 aromatic heterocycles. The quantitative estimate of drug-likeness (QED) is 0.713. The number of aliphatic hydroxyl groups is 1. The fraction of sp³-hybridized carbons (Fsp3) is 0.444. The molecule has 1 unspecified atom stereocenters. The maximum absolute atomic E-state index is 8.63. The van der Waals surface area contributed by atoms with Crippen molar-refractivity contribution in [2.75, 3.05) is 12.4 Å². The van der Waals surface area contributed by atoms with Gasteiger partial charge in [-0.15, -0.1) is 11.8 Å². The highest BCUT2D eigenvalue weighted by Crippen LogP contribution is 2.18. The second kappa shape index (κ2) is 5.21. The molecule has 0 fully saturated rings. The second-order valence-corrected chi connectivity index (χ2v) is 3.90. The summed E-state index contributed by atoms with van der Waals surface area (Å²) in [5.74, 6) is 0.676. The zero-order chi connectivity index (χ0) is 9.68. The fourth-order valence-electron chi connectivity index (χ4n) is 0.937. The van der Waals surface area contributed by atoms with Gasteiger partial charge in [-0.2, -0.15) is 0 Å². The Balaban J connectivity index is 2.68. The van der Waals surface area contributed by atoms with E-state index in [0.717, 1.165) is 10.6 Å². The highest BCUT2D eigenvalue weighted by Gasteiger charge is 2.01. The molecular weight excluding hydrogens is 184 g/mol. The monoisotopic (exact) mass is 198 g/mol. The maximum Gasteiger partial charge on any atom is 0.0963 e. The molecule has 1 atom stereocenters. The van der Waals surface area contributed by atoms with E-state index >= 15 is 0 Å². The van der Waals surface area contributed by atoms with Gasteiger partial charge in [0.2, 0.25) is 0 Å². The minimum atomic E-state index is 0.0384. The lowest BCUT2D eigenvalue weighted by atomic mass is 10.1. The molecule has 0 spiro atoms. The highest BCUT2D eigenvalue weighted by atomic mass is 32.2. The van der Waals surface area contributed by atoms with Crippen LogP contribution in [0.4, 0.5) is 0 Å². The first-order chi connectivity index (χ1) is 6.24. The van der Waals surface area contributed by atoms with Crippen LogP contribution >= 0.6 is 11.8 Å². The van der Waals surface area contributed by atoms with Crippen molar-refractivity contribution in [1.82, 2.24) is 4.98 Å². The van der Waals surface area contributed by atoms with Crippen LogP contribution in [0, 0.1) is 0 Å². The van der Waals surface area contributed by atoms with Gasteiger partial charge >= 0.3 is 0 Å². The van der Waals surface area contributed by atoms with Crippen molar-refractivity contribution >= 4 is 11.8 Å². The summed E-state index contributed by atoms with van der Waals surface area (Å²) in [6.07, 6.45) is 1.75. The molecule has 0 amide bonds. The summed E-state index contributed by atoms with van der Waals surface area (Å²) in [5.41, 5.74) is 6.80. The number of rotatable bonds is 4. The van der Waals surface area contributed by atoms with Gasteiger partial charge in [0.1, 0.15) is 0 Å². The van der Waals surface area contributed by atoms with E-state index in [9.17, 15) is 0 Å². The number of hydrogen-bond acceptors (Lipinski definition) is 4. The average Bonchev–Trinajstić information content (AvgIpc) is 2.15. The molecule has 3 nitrogen and oxygen atoms in total. The molecule has 0 aliphatic carbocycles. The van der Waals surface area contributed by atoms with Crippen LogP contribution in [0.3, 0.4) is 0 Å². The van der Waals surface area contributed by atoms with Crippen LogP contribution in [0.15, 0.2) is 23.4 Å². The maximum atomic E-state index is 8.63. The van der Waals surface area contributed by atoms with Crippen LogP contribution in [0.1, 0.15) is 18.5 Å². The van der Waals surface area contributed by atoms with Gasteiger partial charge in [0, 0.05) is 18.0 Å². The molecule has 1 heterocycles. The first kappa shape index (κ1) is 10.5. The van der Waals surface area contributed by atoms with Gasteiger partial charge < -0.3 is 10.8 Å². The predicted octanol–water partition coefficient (Wildman–Crippen LogP) is 1.19. The van der Waals surface area contributed by atoms with E-state index < -0.39 is 0 Å². The molecule has 3 N–H and O–H groups in total. The first-order valence-corrected chi connectivity index (χ1v) is 5.18. The molecule has 0 aliphatic rings. The van der Waals surface area contributed by atoms with Crippen molar-refractivity contribution in [2.45, 2.75) is 18.0 Å². The number of aliphatic hydroxyl groups excluding tert-OH is 1. The molecule has 13 heavy (non-hydrogen) atoms. The van der Waals surface area contributed by atoms with Gasteiger partial charge in [0.05, 0.1) is 11.6 Å². The Morgan fingerprint density at radius 2 is 2.46 bits per heavy atom. The summed E-state index contributed by atoms with van der Waals surface area (Å²) in [4.78, 5) is 4.16. The van der Waals surface area contributed by atoms with Crippen LogP contribution in [0.2, 0.25) is 0 Å². The predicted molar refractivity (Wildman–Crippen MR) is 54.6 cm³/mol. The molecule has 1 aromatic rings. The zero-order valence-electron chi connectivity index (χ0n) is 7.60. The third-order valence-electron chi connectivity index (χ3n) is 1.63. The van der Waals surface area contributed by atoms with Gasteiger partial charge in [-0.3, -0.25) is 0 Å². The molecule has 72 valence electrons. The van der Waals surface area contributed by atoms with E-state index in [-0.39, 0.29) is 12.6 Å². The molecule has 0 aliphatic heterocycles. The van der Waals surface area contributed by atoms with Gasteiger partial charge in [0.15, 0.2) is 0 Å². The average molecular weight is 198 g/mol. The summed E-state index contributed by atoms with van der Waals surface area (Å²) >= 11 is 1.54.